The third-order valence-corrected chi connectivity index (χ3v) is 5.73. The highest BCUT2D eigenvalue weighted by Crippen LogP contribution is 2.32. The number of aliphatic hydroxyl groups is 2. The standard InChI is InChI=1S/C23H30FNO2/c1-18-4-2-5-20(10-7-18)23(27)13-16-25(17-14-23)15-3-6-22(26)19-8-11-21(24)12-9-19/h4-5,7-12,22,26-27H,2-3,6,13-17H2,1H3. The molecular weight excluding hydrogens is 341 g/mol. The molecule has 1 aliphatic carbocycles. The van der Waals surface area contributed by atoms with E-state index < -0.39 is 11.7 Å². The molecule has 3 rings (SSSR count). The summed E-state index contributed by atoms with van der Waals surface area (Å²) in [7, 11) is 0. The highest BCUT2D eigenvalue weighted by molar-refractivity contribution is 5.37. The average Bonchev–Trinajstić information content (AvgIpc) is 2.89. The van der Waals surface area contributed by atoms with Gasteiger partial charge < -0.3 is 15.1 Å². The van der Waals surface area contributed by atoms with Gasteiger partial charge in [-0.1, -0.05) is 42.0 Å². The summed E-state index contributed by atoms with van der Waals surface area (Å²) in [6.07, 6.45) is 11.8. The van der Waals surface area contributed by atoms with E-state index in [2.05, 4.69) is 36.1 Å². The molecular formula is C23H30FNO2. The Kier molecular flexibility index (Phi) is 6.64. The monoisotopic (exact) mass is 371 g/mol. The van der Waals surface area contributed by atoms with Crippen LogP contribution in [0.5, 0.6) is 0 Å². The Morgan fingerprint density at radius 1 is 1.11 bits per heavy atom. The first-order chi connectivity index (χ1) is 13.0. The molecule has 0 aromatic heterocycles. The minimum Gasteiger partial charge on any atom is -0.388 e. The Labute approximate surface area is 161 Å². The van der Waals surface area contributed by atoms with Crippen molar-refractivity contribution in [2.45, 2.75) is 50.7 Å². The summed E-state index contributed by atoms with van der Waals surface area (Å²) >= 11 is 0. The largest absolute Gasteiger partial charge is 0.388 e. The Balaban J connectivity index is 1.43. The van der Waals surface area contributed by atoms with E-state index in [1.807, 2.05) is 0 Å². The molecule has 1 heterocycles. The van der Waals surface area contributed by atoms with Gasteiger partial charge in [0.15, 0.2) is 0 Å². The van der Waals surface area contributed by atoms with Crippen molar-refractivity contribution in [3.63, 3.8) is 0 Å². The van der Waals surface area contributed by atoms with Crippen LogP contribution in [-0.4, -0.2) is 40.3 Å². The highest BCUT2D eigenvalue weighted by Gasteiger charge is 2.34. The number of rotatable bonds is 6. The van der Waals surface area contributed by atoms with Gasteiger partial charge in [-0.3, -0.25) is 0 Å². The summed E-state index contributed by atoms with van der Waals surface area (Å²) in [6, 6.07) is 6.06. The Hall–Kier alpha value is -1.75. The maximum Gasteiger partial charge on any atom is 0.123 e. The lowest BCUT2D eigenvalue weighted by atomic mass is 9.83. The van der Waals surface area contributed by atoms with Crippen molar-refractivity contribution in [2.75, 3.05) is 19.6 Å². The molecule has 3 nitrogen and oxygen atoms in total. The summed E-state index contributed by atoms with van der Waals surface area (Å²) in [5.41, 5.74) is 2.32. The SMILES string of the molecule is CC1=CCC=C(C2(O)CCN(CCCC(O)c3ccc(F)cc3)CC2)C=C1. The molecule has 1 atom stereocenters. The second-order valence-electron chi connectivity index (χ2n) is 7.76. The molecule has 27 heavy (non-hydrogen) atoms. The molecule has 4 heteroatoms. The van der Waals surface area contributed by atoms with Gasteiger partial charge in [0, 0.05) is 13.1 Å². The van der Waals surface area contributed by atoms with Crippen molar-refractivity contribution in [1.82, 2.24) is 4.90 Å². The van der Waals surface area contributed by atoms with Crippen molar-refractivity contribution >= 4 is 0 Å². The van der Waals surface area contributed by atoms with Crippen LogP contribution in [0.25, 0.3) is 0 Å². The fourth-order valence-electron chi connectivity index (χ4n) is 3.87. The van der Waals surface area contributed by atoms with E-state index in [0.717, 1.165) is 56.5 Å². The minimum absolute atomic E-state index is 0.281. The molecule has 0 spiro atoms. The second-order valence-corrected chi connectivity index (χ2v) is 7.76. The third-order valence-electron chi connectivity index (χ3n) is 5.73. The Morgan fingerprint density at radius 3 is 2.52 bits per heavy atom. The summed E-state index contributed by atoms with van der Waals surface area (Å²) in [6.45, 7) is 4.71. The van der Waals surface area contributed by atoms with Crippen molar-refractivity contribution in [1.29, 1.82) is 0 Å². The topological polar surface area (TPSA) is 43.7 Å². The summed E-state index contributed by atoms with van der Waals surface area (Å²) < 4.78 is 13.0. The van der Waals surface area contributed by atoms with Crippen LogP contribution in [0.4, 0.5) is 4.39 Å². The number of aliphatic hydroxyl groups excluding tert-OH is 1. The fourth-order valence-corrected chi connectivity index (χ4v) is 3.87. The minimum atomic E-state index is -0.723. The van der Waals surface area contributed by atoms with E-state index in [4.69, 9.17) is 0 Å². The Morgan fingerprint density at radius 2 is 1.81 bits per heavy atom. The van der Waals surface area contributed by atoms with Crippen LogP contribution in [0.15, 0.2) is 59.7 Å². The van der Waals surface area contributed by atoms with E-state index in [9.17, 15) is 14.6 Å². The van der Waals surface area contributed by atoms with Gasteiger partial charge >= 0.3 is 0 Å². The normalized spacial score (nSPS) is 21.3. The molecule has 1 fully saturated rings. The predicted octanol–water partition coefficient (Wildman–Crippen LogP) is 4.30. The molecule has 1 aromatic rings. The lowest BCUT2D eigenvalue weighted by molar-refractivity contribution is 0.0107. The molecule has 1 aromatic carbocycles. The smallest absolute Gasteiger partial charge is 0.123 e. The molecule has 2 N–H and O–H groups in total. The van der Waals surface area contributed by atoms with Crippen molar-refractivity contribution in [3.8, 4) is 0 Å². The van der Waals surface area contributed by atoms with Gasteiger partial charge in [-0.25, -0.2) is 4.39 Å². The zero-order valence-corrected chi connectivity index (χ0v) is 16.1. The summed E-state index contributed by atoms with van der Waals surface area (Å²) in [5.74, 6) is -0.281. The summed E-state index contributed by atoms with van der Waals surface area (Å²) in [4.78, 5) is 2.36. The maximum absolute atomic E-state index is 13.0. The van der Waals surface area contributed by atoms with Gasteiger partial charge in [-0.2, -0.15) is 0 Å². The number of benzene rings is 1. The van der Waals surface area contributed by atoms with E-state index in [1.165, 1.54) is 17.7 Å². The number of hydrogen-bond donors (Lipinski definition) is 2. The van der Waals surface area contributed by atoms with Crippen LogP contribution in [0, 0.1) is 5.82 Å². The molecule has 0 bridgehead atoms. The van der Waals surface area contributed by atoms with Crippen molar-refractivity contribution < 1.29 is 14.6 Å². The van der Waals surface area contributed by atoms with Gasteiger partial charge in [0.1, 0.15) is 5.82 Å². The average molecular weight is 371 g/mol. The molecule has 146 valence electrons. The number of nitrogens with zero attached hydrogens (tertiary/aromatic N) is 1. The maximum atomic E-state index is 13.0. The van der Waals surface area contributed by atoms with E-state index in [-0.39, 0.29) is 5.82 Å². The fraction of sp³-hybridized carbons (Fsp3) is 0.478. The van der Waals surface area contributed by atoms with Gasteiger partial charge in [0.05, 0.1) is 11.7 Å². The predicted molar refractivity (Wildman–Crippen MR) is 107 cm³/mol. The van der Waals surface area contributed by atoms with Crippen LogP contribution in [0.3, 0.4) is 0 Å². The molecule has 1 unspecified atom stereocenters. The zero-order chi connectivity index (χ0) is 19.3. The molecule has 1 aliphatic heterocycles. The number of piperidine rings is 1. The zero-order valence-electron chi connectivity index (χ0n) is 16.1. The van der Waals surface area contributed by atoms with Crippen LogP contribution in [-0.2, 0) is 0 Å². The lowest BCUT2D eigenvalue weighted by Crippen LogP contribution is -2.45. The molecule has 0 amide bonds. The van der Waals surface area contributed by atoms with Crippen LogP contribution in [0.1, 0.15) is 50.7 Å². The molecule has 0 radical (unpaired) electrons. The van der Waals surface area contributed by atoms with E-state index in [0.29, 0.717) is 6.42 Å². The first kappa shape index (κ1) is 20.0. The van der Waals surface area contributed by atoms with Gasteiger partial charge in [-0.15, -0.1) is 0 Å². The van der Waals surface area contributed by atoms with Gasteiger partial charge in [0.2, 0.25) is 0 Å². The van der Waals surface area contributed by atoms with Crippen molar-refractivity contribution in [2.24, 2.45) is 0 Å². The number of likely N-dealkylation sites (tertiary alicyclic amines) is 1. The second kappa shape index (κ2) is 8.96. The van der Waals surface area contributed by atoms with E-state index >= 15 is 0 Å². The molecule has 2 aliphatic rings. The van der Waals surface area contributed by atoms with E-state index in [1.54, 1.807) is 12.1 Å². The van der Waals surface area contributed by atoms with Crippen molar-refractivity contribution in [3.05, 3.63) is 71.1 Å². The first-order valence-corrected chi connectivity index (χ1v) is 9.90. The third kappa shape index (κ3) is 5.38. The number of hydrogen-bond acceptors (Lipinski definition) is 3. The van der Waals surface area contributed by atoms with Crippen LogP contribution >= 0.6 is 0 Å². The van der Waals surface area contributed by atoms with Gasteiger partial charge in [0.25, 0.3) is 0 Å². The van der Waals surface area contributed by atoms with Crippen LogP contribution < -0.4 is 0 Å². The first-order valence-electron chi connectivity index (χ1n) is 9.90. The number of allylic oxidation sites excluding steroid dienone is 4. The Bertz CT molecular complexity index is 712. The highest BCUT2D eigenvalue weighted by atomic mass is 19.1. The lowest BCUT2D eigenvalue weighted by Gasteiger charge is -2.39. The van der Waals surface area contributed by atoms with Gasteiger partial charge in [-0.05, 0) is 68.8 Å². The number of halogens is 1. The summed E-state index contributed by atoms with van der Waals surface area (Å²) in [5, 5.41) is 21.3. The molecule has 0 saturated carbocycles. The quantitative estimate of drug-likeness (QED) is 0.784. The molecule has 1 saturated heterocycles. The van der Waals surface area contributed by atoms with Crippen LogP contribution in [0.2, 0.25) is 0 Å².